The maximum atomic E-state index is 13.1. The predicted octanol–water partition coefficient (Wildman–Crippen LogP) is 3.59. The van der Waals surface area contributed by atoms with Gasteiger partial charge in [0.15, 0.2) is 0 Å². The van der Waals surface area contributed by atoms with Gasteiger partial charge >= 0.3 is 0 Å². The van der Waals surface area contributed by atoms with Crippen LogP contribution in [-0.4, -0.2) is 5.91 Å². The van der Waals surface area contributed by atoms with Gasteiger partial charge in [0.1, 0.15) is 5.82 Å². The van der Waals surface area contributed by atoms with Crippen LogP contribution in [0.4, 0.5) is 15.8 Å². The molecule has 20 heavy (non-hydrogen) atoms. The number of carbonyl (C=O) groups excluding carboxylic acids is 1. The van der Waals surface area contributed by atoms with Gasteiger partial charge in [-0.15, -0.1) is 0 Å². The van der Waals surface area contributed by atoms with Crippen LogP contribution in [0, 0.1) is 26.6 Å². The number of hydrogen-bond donors (Lipinski definition) is 2. The van der Waals surface area contributed by atoms with E-state index in [2.05, 4.69) is 5.32 Å². The Labute approximate surface area is 117 Å². The third-order valence-corrected chi connectivity index (χ3v) is 3.16. The quantitative estimate of drug-likeness (QED) is 0.821. The molecule has 0 saturated carbocycles. The minimum Gasteiger partial charge on any atom is -0.396 e. The van der Waals surface area contributed by atoms with Crippen molar-refractivity contribution in [3.63, 3.8) is 0 Å². The number of halogens is 1. The molecule has 0 radical (unpaired) electrons. The summed E-state index contributed by atoms with van der Waals surface area (Å²) < 4.78 is 13.1. The fourth-order valence-electron chi connectivity index (χ4n) is 2.35. The molecule has 3 nitrogen and oxygen atoms in total. The summed E-state index contributed by atoms with van der Waals surface area (Å²) >= 11 is 0. The van der Waals surface area contributed by atoms with Gasteiger partial charge < -0.3 is 11.1 Å². The average molecular weight is 272 g/mol. The number of nitrogen functional groups attached to an aromatic ring is 1. The van der Waals surface area contributed by atoms with Gasteiger partial charge in [-0.3, -0.25) is 4.79 Å². The molecule has 2 aromatic rings. The molecule has 0 heterocycles. The van der Waals surface area contributed by atoms with Crippen molar-refractivity contribution in [2.45, 2.75) is 20.8 Å². The number of amides is 1. The molecule has 0 spiro atoms. The minimum absolute atomic E-state index is 0.0140. The lowest BCUT2D eigenvalue weighted by atomic mass is 9.99. The lowest BCUT2D eigenvalue weighted by molar-refractivity contribution is 0.102. The van der Waals surface area contributed by atoms with E-state index in [1.54, 1.807) is 0 Å². The first kappa shape index (κ1) is 14.1. The highest BCUT2D eigenvalue weighted by Gasteiger charge is 2.13. The van der Waals surface area contributed by atoms with Crippen LogP contribution in [0.2, 0.25) is 0 Å². The minimum atomic E-state index is -0.495. The van der Waals surface area contributed by atoms with Gasteiger partial charge in [-0.2, -0.15) is 0 Å². The van der Waals surface area contributed by atoms with Gasteiger partial charge in [0.25, 0.3) is 5.91 Å². The van der Waals surface area contributed by atoms with Crippen molar-refractivity contribution in [3.05, 3.63) is 58.4 Å². The molecule has 0 atom stereocenters. The second-order valence-corrected chi connectivity index (χ2v) is 4.96. The van der Waals surface area contributed by atoms with Gasteiger partial charge in [0.2, 0.25) is 0 Å². The van der Waals surface area contributed by atoms with Gasteiger partial charge in [0.05, 0.1) is 5.69 Å². The summed E-state index contributed by atoms with van der Waals surface area (Å²) in [5.41, 5.74) is 9.56. The topological polar surface area (TPSA) is 55.1 Å². The lowest BCUT2D eigenvalue weighted by Crippen LogP contribution is -2.15. The van der Waals surface area contributed by atoms with Crippen molar-refractivity contribution in [1.82, 2.24) is 0 Å². The van der Waals surface area contributed by atoms with Crippen molar-refractivity contribution >= 4 is 17.3 Å². The smallest absolute Gasteiger partial charge is 0.256 e. The van der Waals surface area contributed by atoms with Crippen LogP contribution >= 0.6 is 0 Å². The molecule has 4 heteroatoms. The zero-order valence-corrected chi connectivity index (χ0v) is 11.8. The first-order valence-corrected chi connectivity index (χ1v) is 6.32. The number of nitrogens with two attached hydrogens (primary N) is 1. The van der Waals surface area contributed by atoms with E-state index in [0.717, 1.165) is 16.7 Å². The van der Waals surface area contributed by atoms with E-state index in [0.29, 0.717) is 11.3 Å². The van der Waals surface area contributed by atoms with E-state index in [1.165, 1.54) is 18.2 Å². The van der Waals surface area contributed by atoms with Gasteiger partial charge in [-0.25, -0.2) is 4.39 Å². The second kappa shape index (κ2) is 5.33. The third kappa shape index (κ3) is 2.79. The SMILES string of the molecule is Cc1cc(C)c(C(=O)Nc2ccc(F)c(N)c2)c(C)c1. The van der Waals surface area contributed by atoms with E-state index >= 15 is 0 Å². The van der Waals surface area contributed by atoms with Crippen LogP contribution in [0.15, 0.2) is 30.3 Å². The first-order chi connectivity index (χ1) is 9.38. The van der Waals surface area contributed by atoms with Gasteiger partial charge in [-0.1, -0.05) is 17.7 Å². The number of aryl methyl sites for hydroxylation is 3. The molecule has 0 aliphatic rings. The van der Waals surface area contributed by atoms with Crippen LogP contribution < -0.4 is 11.1 Å². The van der Waals surface area contributed by atoms with E-state index < -0.39 is 5.82 Å². The Morgan fingerprint density at radius 2 is 1.70 bits per heavy atom. The molecule has 0 fully saturated rings. The number of carbonyl (C=O) groups is 1. The summed E-state index contributed by atoms with van der Waals surface area (Å²) in [5, 5.41) is 2.74. The Morgan fingerprint density at radius 1 is 1.10 bits per heavy atom. The Morgan fingerprint density at radius 3 is 2.25 bits per heavy atom. The zero-order chi connectivity index (χ0) is 14.9. The molecule has 1 amide bonds. The highest BCUT2D eigenvalue weighted by atomic mass is 19.1. The average Bonchev–Trinajstić information content (AvgIpc) is 2.32. The molecule has 0 aliphatic heterocycles. The zero-order valence-electron chi connectivity index (χ0n) is 11.8. The lowest BCUT2D eigenvalue weighted by Gasteiger charge is -2.12. The first-order valence-electron chi connectivity index (χ1n) is 6.32. The second-order valence-electron chi connectivity index (χ2n) is 4.96. The van der Waals surface area contributed by atoms with E-state index in [-0.39, 0.29) is 11.6 Å². The molecule has 0 unspecified atom stereocenters. The fraction of sp³-hybridized carbons (Fsp3) is 0.188. The highest BCUT2D eigenvalue weighted by Crippen LogP contribution is 2.20. The highest BCUT2D eigenvalue weighted by molar-refractivity contribution is 6.06. The summed E-state index contributed by atoms with van der Waals surface area (Å²) in [6.07, 6.45) is 0. The van der Waals surface area contributed by atoms with Gasteiger partial charge in [0, 0.05) is 11.3 Å². The Balaban J connectivity index is 2.31. The largest absolute Gasteiger partial charge is 0.396 e. The van der Waals surface area contributed by atoms with E-state index in [1.807, 2.05) is 32.9 Å². The molecule has 0 aromatic heterocycles. The fourth-order valence-corrected chi connectivity index (χ4v) is 2.35. The molecule has 0 bridgehead atoms. The molecule has 0 saturated heterocycles. The maximum absolute atomic E-state index is 13.1. The predicted molar refractivity (Wildman–Crippen MR) is 79.4 cm³/mol. The number of hydrogen-bond acceptors (Lipinski definition) is 2. The number of benzene rings is 2. The normalized spacial score (nSPS) is 10.4. The van der Waals surface area contributed by atoms with Crippen molar-refractivity contribution in [2.75, 3.05) is 11.1 Å². The number of nitrogens with one attached hydrogen (secondary N) is 1. The summed E-state index contributed by atoms with van der Waals surface area (Å²) in [6, 6.07) is 8.05. The van der Waals surface area contributed by atoms with Crippen LogP contribution in [0.5, 0.6) is 0 Å². The molecular weight excluding hydrogens is 255 g/mol. The summed E-state index contributed by atoms with van der Waals surface area (Å²) in [7, 11) is 0. The Kier molecular flexibility index (Phi) is 3.74. The van der Waals surface area contributed by atoms with Crippen LogP contribution in [0.25, 0.3) is 0 Å². The summed E-state index contributed by atoms with van der Waals surface area (Å²) in [4.78, 5) is 12.3. The molecule has 104 valence electrons. The molecule has 2 rings (SSSR count). The van der Waals surface area contributed by atoms with Gasteiger partial charge in [-0.05, 0) is 50.1 Å². The summed E-state index contributed by atoms with van der Waals surface area (Å²) in [5.74, 6) is -0.711. The Hall–Kier alpha value is -2.36. The third-order valence-electron chi connectivity index (χ3n) is 3.16. The molecule has 3 N–H and O–H groups in total. The maximum Gasteiger partial charge on any atom is 0.256 e. The van der Waals surface area contributed by atoms with Crippen LogP contribution in [0.1, 0.15) is 27.0 Å². The molecule has 2 aromatic carbocycles. The number of rotatable bonds is 2. The van der Waals surface area contributed by atoms with Crippen molar-refractivity contribution < 1.29 is 9.18 Å². The van der Waals surface area contributed by atoms with E-state index in [4.69, 9.17) is 5.73 Å². The van der Waals surface area contributed by atoms with Crippen molar-refractivity contribution in [2.24, 2.45) is 0 Å². The Bertz CT molecular complexity index is 657. The molecule has 0 aliphatic carbocycles. The van der Waals surface area contributed by atoms with Crippen LogP contribution in [-0.2, 0) is 0 Å². The number of anilines is 2. The summed E-state index contributed by atoms with van der Waals surface area (Å²) in [6.45, 7) is 5.78. The van der Waals surface area contributed by atoms with Crippen molar-refractivity contribution in [1.29, 1.82) is 0 Å². The van der Waals surface area contributed by atoms with Crippen molar-refractivity contribution in [3.8, 4) is 0 Å². The standard InChI is InChI=1S/C16H17FN2O/c1-9-6-10(2)15(11(3)7-9)16(20)19-12-4-5-13(17)14(18)8-12/h4-8H,18H2,1-3H3,(H,19,20). The van der Waals surface area contributed by atoms with Crippen LogP contribution in [0.3, 0.4) is 0 Å². The molecular formula is C16H17FN2O. The monoisotopic (exact) mass is 272 g/mol. The van der Waals surface area contributed by atoms with E-state index in [9.17, 15) is 9.18 Å².